The van der Waals surface area contributed by atoms with E-state index in [4.69, 9.17) is 0 Å². The van der Waals surface area contributed by atoms with Gasteiger partial charge in [0.25, 0.3) is 0 Å². The molecule has 154 valence electrons. The van der Waals surface area contributed by atoms with Crippen LogP contribution in [-0.4, -0.2) is 31.3 Å². The minimum atomic E-state index is -0.950. The van der Waals surface area contributed by atoms with Gasteiger partial charge in [-0.05, 0) is 30.5 Å². The smallest absolute Gasteiger partial charge is 0.306 e. The van der Waals surface area contributed by atoms with Crippen LogP contribution in [0.25, 0.3) is 0 Å². The summed E-state index contributed by atoms with van der Waals surface area (Å²) in [5, 5.41) is 22.6. The van der Waals surface area contributed by atoms with Gasteiger partial charge < -0.3 is 9.88 Å². The molecule has 30 heavy (non-hydrogen) atoms. The molecule has 2 aromatic carbocycles. The van der Waals surface area contributed by atoms with Crippen molar-refractivity contribution in [2.75, 3.05) is 11.1 Å². The number of hydrogen-bond acceptors (Lipinski definition) is 6. The van der Waals surface area contributed by atoms with Crippen molar-refractivity contribution in [1.82, 2.24) is 14.8 Å². The van der Waals surface area contributed by atoms with Crippen molar-refractivity contribution in [1.29, 1.82) is 0 Å². The molecule has 1 aliphatic carbocycles. The molecule has 4 rings (SSSR count). The Hall–Kier alpha value is -3.27. The predicted molar refractivity (Wildman–Crippen MR) is 110 cm³/mol. The molecule has 0 spiro atoms. The van der Waals surface area contributed by atoms with E-state index in [1.54, 1.807) is 0 Å². The quantitative estimate of drug-likeness (QED) is 0.331. The number of nitro benzene ring substituents is 1. The predicted octanol–water partition coefficient (Wildman–Crippen LogP) is 3.98. The second-order valence-electron chi connectivity index (χ2n) is 6.95. The van der Waals surface area contributed by atoms with Crippen LogP contribution < -0.4 is 5.32 Å². The first-order chi connectivity index (χ1) is 14.5. The zero-order chi connectivity index (χ0) is 21.1. The van der Waals surface area contributed by atoms with Gasteiger partial charge in [-0.1, -0.05) is 42.1 Å². The van der Waals surface area contributed by atoms with Gasteiger partial charge in [-0.25, -0.2) is 0 Å². The number of carbonyl (C=O) groups is 1. The Morgan fingerprint density at radius 1 is 1.23 bits per heavy atom. The second-order valence-corrected chi connectivity index (χ2v) is 7.89. The summed E-state index contributed by atoms with van der Waals surface area (Å²) >= 11 is 1.24. The molecule has 0 bridgehead atoms. The number of nitrogens with zero attached hydrogens (tertiary/aromatic N) is 4. The number of nitro groups is 1. The topological polar surface area (TPSA) is 103 Å². The van der Waals surface area contributed by atoms with Crippen LogP contribution >= 0.6 is 11.8 Å². The maximum absolute atomic E-state index is 13.4. The molecule has 8 nitrogen and oxygen atoms in total. The largest absolute Gasteiger partial charge is 0.325 e. The zero-order valence-corrected chi connectivity index (χ0v) is 16.6. The Morgan fingerprint density at radius 2 is 2.00 bits per heavy atom. The summed E-state index contributed by atoms with van der Waals surface area (Å²) < 4.78 is 15.5. The van der Waals surface area contributed by atoms with Crippen LogP contribution in [0.5, 0.6) is 0 Å². The van der Waals surface area contributed by atoms with Gasteiger partial charge in [-0.15, -0.1) is 10.2 Å². The molecule has 1 heterocycles. The molecule has 0 atom stereocenters. The summed E-state index contributed by atoms with van der Waals surface area (Å²) in [6.07, 6.45) is 2.17. The van der Waals surface area contributed by atoms with E-state index in [-0.39, 0.29) is 17.3 Å². The molecule has 0 aliphatic heterocycles. The van der Waals surface area contributed by atoms with Crippen molar-refractivity contribution in [2.24, 2.45) is 0 Å². The van der Waals surface area contributed by atoms with Crippen LogP contribution in [0.3, 0.4) is 0 Å². The van der Waals surface area contributed by atoms with Gasteiger partial charge in [0, 0.05) is 17.7 Å². The summed E-state index contributed by atoms with van der Waals surface area (Å²) in [6, 6.07) is 13.2. The van der Waals surface area contributed by atoms with E-state index in [0.29, 0.717) is 17.6 Å². The first-order valence-electron chi connectivity index (χ1n) is 9.35. The third kappa shape index (κ3) is 4.65. The van der Waals surface area contributed by atoms with Crippen LogP contribution in [0, 0.1) is 15.9 Å². The molecule has 1 N–H and O–H groups in total. The second kappa shape index (κ2) is 8.62. The molecule has 10 heteroatoms. The molecular formula is C20H18FN5O3S. The number of thioether (sulfide) groups is 1. The van der Waals surface area contributed by atoms with E-state index >= 15 is 0 Å². The van der Waals surface area contributed by atoms with Crippen LogP contribution in [0.1, 0.15) is 30.1 Å². The van der Waals surface area contributed by atoms with E-state index in [0.717, 1.165) is 36.4 Å². The number of nitrogens with one attached hydrogen (secondary N) is 1. The van der Waals surface area contributed by atoms with Crippen LogP contribution in [-0.2, 0) is 11.3 Å². The third-order valence-electron chi connectivity index (χ3n) is 4.63. The average Bonchev–Trinajstić information content (AvgIpc) is 3.50. The number of hydrogen-bond donors (Lipinski definition) is 1. The van der Waals surface area contributed by atoms with E-state index in [1.165, 1.54) is 17.8 Å². The van der Waals surface area contributed by atoms with Gasteiger partial charge in [-0.2, -0.15) is 4.39 Å². The summed E-state index contributed by atoms with van der Waals surface area (Å²) in [4.78, 5) is 22.3. The maximum atomic E-state index is 13.4. The molecule has 1 aliphatic rings. The average molecular weight is 427 g/mol. The van der Waals surface area contributed by atoms with Crippen molar-refractivity contribution in [3.05, 3.63) is 75.9 Å². The normalized spacial score (nSPS) is 13.2. The lowest BCUT2D eigenvalue weighted by molar-refractivity contribution is -0.387. The Bertz CT molecular complexity index is 1090. The summed E-state index contributed by atoms with van der Waals surface area (Å²) in [6.45, 7) is 0.619. The van der Waals surface area contributed by atoms with Crippen molar-refractivity contribution in [3.8, 4) is 0 Å². The van der Waals surface area contributed by atoms with Crippen molar-refractivity contribution < 1.29 is 14.1 Å². The molecule has 1 fully saturated rings. The fourth-order valence-electron chi connectivity index (χ4n) is 3.02. The molecule has 0 saturated heterocycles. The summed E-state index contributed by atoms with van der Waals surface area (Å²) in [7, 11) is 0. The lowest BCUT2D eigenvalue weighted by Gasteiger charge is -2.10. The molecular weight excluding hydrogens is 409 g/mol. The molecule has 3 aromatic rings. The van der Waals surface area contributed by atoms with Crippen LogP contribution in [0.15, 0.2) is 53.7 Å². The number of benzene rings is 2. The van der Waals surface area contributed by atoms with E-state index in [1.807, 2.05) is 34.9 Å². The monoisotopic (exact) mass is 427 g/mol. The highest BCUT2D eigenvalue weighted by molar-refractivity contribution is 7.99. The van der Waals surface area contributed by atoms with Gasteiger partial charge in [0.2, 0.25) is 11.7 Å². The minimum absolute atomic E-state index is 0.0444. The van der Waals surface area contributed by atoms with Crippen molar-refractivity contribution in [2.45, 2.75) is 30.5 Å². The Balaban J connectivity index is 1.44. The van der Waals surface area contributed by atoms with Crippen molar-refractivity contribution >= 4 is 29.0 Å². The van der Waals surface area contributed by atoms with Gasteiger partial charge >= 0.3 is 5.69 Å². The highest BCUT2D eigenvalue weighted by Gasteiger charge is 2.30. The fraction of sp³-hybridized carbons (Fsp3) is 0.250. The zero-order valence-electron chi connectivity index (χ0n) is 15.8. The molecule has 1 saturated carbocycles. The number of halogens is 1. The Kier molecular flexibility index (Phi) is 5.75. The van der Waals surface area contributed by atoms with E-state index in [9.17, 15) is 19.3 Å². The molecule has 0 unspecified atom stereocenters. The number of amides is 1. The maximum Gasteiger partial charge on any atom is 0.306 e. The van der Waals surface area contributed by atoms with Gasteiger partial charge in [0.05, 0.1) is 17.2 Å². The third-order valence-corrected chi connectivity index (χ3v) is 5.60. The van der Waals surface area contributed by atoms with Crippen LogP contribution in [0.2, 0.25) is 0 Å². The molecule has 0 radical (unpaired) electrons. The number of rotatable bonds is 8. The fourth-order valence-corrected chi connectivity index (χ4v) is 3.77. The SMILES string of the molecule is O=C(CSc1nnc(C2CC2)n1Cc1ccccc1)Nc1ccc(F)c([N+](=O)[O-])c1. The summed E-state index contributed by atoms with van der Waals surface area (Å²) in [5.74, 6) is 0.0557. The Morgan fingerprint density at radius 3 is 2.70 bits per heavy atom. The minimum Gasteiger partial charge on any atom is -0.325 e. The first-order valence-corrected chi connectivity index (χ1v) is 10.3. The molecule has 1 aromatic heterocycles. The highest BCUT2D eigenvalue weighted by atomic mass is 32.2. The number of aromatic nitrogens is 3. The van der Waals surface area contributed by atoms with Gasteiger partial charge in [0.15, 0.2) is 5.16 Å². The standard InChI is InChI=1S/C20H18FN5O3S/c21-16-9-8-15(10-17(16)26(28)29)22-18(27)12-30-20-24-23-19(14-6-7-14)25(20)11-13-4-2-1-3-5-13/h1-5,8-10,14H,6-7,11-12H2,(H,22,27). The van der Waals surface area contributed by atoms with Gasteiger partial charge in [0.1, 0.15) is 5.82 Å². The number of carbonyl (C=O) groups excluding carboxylic acids is 1. The highest BCUT2D eigenvalue weighted by Crippen LogP contribution is 2.40. The lowest BCUT2D eigenvalue weighted by Crippen LogP contribution is -2.15. The first kappa shape index (κ1) is 20.0. The molecule has 1 amide bonds. The Labute approximate surface area is 175 Å². The summed E-state index contributed by atoms with van der Waals surface area (Å²) in [5.41, 5.74) is 0.597. The van der Waals surface area contributed by atoms with Gasteiger partial charge in [-0.3, -0.25) is 14.9 Å². The number of anilines is 1. The van der Waals surface area contributed by atoms with E-state index < -0.39 is 16.4 Å². The van der Waals surface area contributed by atoms with Crippen molar-refractivity contribution in [3.63, 3.8) is 0 Å². The van der Waals surface area contributed by atoms with Crippen LogP contribution in [0.4, 0.5) is 15.8 Å². The van der Waals surface area contributed by atoms with E-state index in [2.05, 4.69) is 15.5 Å². The lowest BCUT2D eigenvalue weighted by atomic mass is 10.2.